The van der Waals surface area contributed by atoms with Gasteiger partial charge in [-0.3, -0.25) is 15.6 Å². The van der Waals surface area contributed by atoms with Crippen LogP contribution in [0.4, 0.5) is 10.7 Å². The van der Waals surface area contributed by atoms with Crippen molar-refractivity contribution in [3.05, 3.63) is 18.5 Å². The zero-order valence-electron chi connectivity index (χ0n) is 7.56. The Morgan fingerprint density at radius 1 is 1.50 bits per heavy atom. The van der Waals surface area contributed by atoms with Gasteiger partial charge in [-0.2, -0.15) is 0 Å². The molecule has 74 valence electrons. The number of amides is 2. The van der Waals surface area contributed by atoms with Crippen molar-refractivity contribution in [3.8, 4) is 0 Å². The summed E-state index contributed by atoms with van der Waals surface area (Å²) in [6.07, 6.45) is 3.03. The van der Waals surface area contributed by atoms with Gasteiger partial charge in [0.1, 0.15) is 0 Å². The van der Waals surface area contributed by atoms with Crippen molar-refractivity contribution < 1.29 is 4.79 Å². The van der Waals surface area contributed by atoms with E-state index < -0.39 is 6.03 Å². The summed E-state index contributed by atoms with van der Waals surface area (Å²) in [7, 11) is 1.47. The molecule has 0 unspecified atom stereocenters. The van der Waals surface area contributed by atoms with Gasteiger partial charge >= 0.3 is 6.03 Å². The fraction of sp³-hybridized carbons (Fsp3) is 0.143. The molecule has 1 rings (SSSR count). The zero-order chi connectivity index (χ0) is 10.4. The number of aromatic nitrogens is 2. The summed E-state index contributed by atoms with van der Waals surface area (Å²) in [4.78, 5) is 22.2. The molecule has 1 heterocycles. The quantitative estimate of drug-likeness (QED) is 0.415. The fourth-order valence-electron chi connectivity index (χ4n) is 0.669. The third-order valence-corrected chi connectivity index (χ3v) is 1.27. The lowest BCUT2D eigenvalue weighted by Gasteiger charge is -2.03. The van der Waals surface area contributed by atoms with E-state index in [-0.39, 0.29) is 11.9 Å². The number of guanidine groups is 1. The number of carbonyl (C=O) groups is 1. The van der Waals surface area contributed by atoms with E-state index in [9.17, 15) is 4.79 Å². The molecule has 14 heavy (non-hydrogen) atoms. The number of aliphatic imine (C=N–C) groups is 1. The molecular formula is C7H10N6O. The van der Waals surface area contributed by atoms with E-state index in [2.05, 4.69) is 25.6 Å². The number of hydrogen-bond acceptors (Lipinski definition) is 4. The Morgan fingerprint density at radius 2 is 2.14 bits per heavy atom. The number of carbonyl (C=O) groups excluding carboxylic acids is 1. The minimum atomic E-state index is -0.528. The van der Waals surface area contributed by atoms with Gasteiger partial charge in [0.15, 0.2) is 5.96 Å². The van der Waals surface area contributed by atoms with Gasteiger partial charge in [0.05, 0.1) is 0 Å². The van der Waals surface area contributed by atoms with Gasteiger partial charge in [0.2, 0.25) is 5.95 Å². The number of nitrogens with two attached hydrogens (primary N) is 1. The van der Waals surface area contributed by atoms with Crippen LogP contribution in [0.25, 0.3) is 0 Å². The third kappa shape index (κ3) is 3.05. The average Bonchev–Trinajstić information content (AvgIpc) is 2.19. The number of nitrogens with one attached hydrogen (secondary N) is 2. The molecule has 0 radical (unpaired) electrons. The highest BCUT2D eigenvalue weighted by Crippen LogP contribution is 1.92. The number of urea groups is 1. The Labute approximate surface area is 80.5 Å². The van der Waals surface area contributed by atoms with Crippen molar-refractivity contribution >= 4 is 17.9 Å². The van der Waals surface area contributed by atoms with E-state index in [1.807, 2.05) is 0 Å². The van der Waals surface area contributed by atoms with Crippen LogP contribution in [0.1, 0.15) is 0 Å². The average molecular weight is 194 g/mol. The minimum absolute atomic E-state index is 0.0263. The summed E-state index contributed by atoms with van der Waals surface area (Å²) in [5.74, 6) is 0.229. The molecule has 7 heteroatoms. The molecule has 1 aromatic heterocycles. The summed E-state index contributed by atoms with van der Waals surface area (Å²) in [6, 6.07) is 1.12. The van der Waals surface area contributed by atoms with Gasteiger partial charge in [-0.25, -0.2) is 14.8 Å². The molecule has 0 fully saturated rings. The summed E-state index contributed by atoms with van der Waals surface area (Å²) in [5.41, 5.74) is 5.26. The Kier molecular flexibility index (Phi) is 3.36. The highest BCUT2D eigenvalue weighted by molar-refractivity contribution is 6.00. The minimum Gasteiger partial charge on any atom is -0.370 e. The van der Waals surface area contributed by atoms with Gasteiger partial charge in [-0.15, -0.1) is 0 Å². The second-order valence-electron chi connectivity index (χ2n) is 2.26. The van der Waals surface area contributed by atoms with E-state index in [1.165, 1.54) is 19.4 Å². The molecule has 0 aliphatic heterocycles. The van der Waals surface area contributed by atoms with Crippen LogP contribution in [-0.4, -0.2) is 29.0 Å². The van der Waals surface area contributed by atoms with Gasteiger partial charge in [0, 0.05) is 19.4 Å². The van der Waals surface area contributed by atoms with E-state index in [0.717, 1.165) is 0 Å². The lowest BCUT2D eigenvalue weighted by molar-refractivity contribution is 0.256. The summed E-state index contributed by atoms with van der Waals surface area (Å²) in [6.45, 7) is 0. The zero-order valence-corrected chi connectivity index (χ0v) is 7.56. The first-order chi connectivity index (χ1) is 6.72. The Morgan fingerprint density at radius 3 is 2.71 bits per heavy atom. The van der Waals surface area contributed by atoms with Crippen molar-refractivity contribution in [1.82, 2.24) is 15.3 Å². The first-order valence-corrected chi connectivity index (χ1v) is 3.79. The Bertz CT molecular complexity index is 335. The molecule has 0 aliphatic rings. The van der Waals surface area contributed by atoms with Crippen molar-refractivity contribution in [2.45, 2.75) is 0 Å². The molecular weight excluding hydrogens is 184 g/mol. The van der Waals surface area contributed by atoms with Crippen molar-refractivity contribution in [1.29, 1.82) is 0 Å². The molecule has 0 saturated heterocycles. The molecule has 0 bridgehead atoms. The Hall–Kier alpha value is -2.18. The largest absolute Gasteiger partial charge is 0.370 e. The normalized spacial score (nSPS) is 10.8. The molecule has 2 amide bonds. The summed E-state index contributed by atoms with van der Waals surface area (Å²) in [5, 5.41) is 4.65. The lowest BCUT2D eigenvalue weighted by Crippen LogP contribution is -2.39. The first-order valence-electron chi connectivity index (χ1n) is 3.79. The molecule has 0 aliphatic carbocycles. The van der Waals surface area contributed by atoms with Crippen molar-refractivity contribution in [2.24, 2.45) is 10.7 Å². The standard InChI is InChI=1S/C7H10N6O/c1-9-5(8)12-7(14)13-6-10-3-2-4-11-6/h2-4H,1H3,(H4,8,9,10,11,12,13,14). The van der Waals surface area contributed by atoms with Gasteiger partial charge in [0.25, 0.3) is 0 Å². The molecule has 7 nitrogen and oxygen atoms in total. The number of hydrogen-bond donors (Lipinski definition) is 3. The van der Waals surface area contributed by atoms with Crippen LogP contribution in [0, 0.1) is 0 Å². The van der Waals surface area contributed by atoms with E-state index in [0.29, 0.717) is 0 Å². The van der Waals surface area contributed by atoms with Crippen LogP contribution in [0.15, 0.2) is 23.5 Å². The molecule has 0 saturated carbocycles. The van der Waals surface area contributed by atoms with Gasteiger partial charge < -0.3 is 5.73 Å². The maximum absolute atomic E-state index is 11.1. The maximum Gasteiger partial charge on any atom is 0.328 e. The van der Waals surface area contributed by atoms with Crippen LogP contribution in [0.5, 0.6) is 0 Å². The molecule has 4 N–H and O–H groups in total. The molecule has 0 spiro atoms. The second kappa shape index (κ2) is 4.75. The van der Waals surface area contributed by atoms with Gasteiger partial charge in [-0.1, -0.05) is 0 Å². The smallest absolute Gasteiger partial charge is 0.328 e. The highest BCUT2D eigenvalue weighted by Gasteiger charge is 2.03. The highest BCUT2D eigenvalue weighted by atomic mass is 16.2. The number of rotatable bonds is 1. The van der Waals surface area contributed by atoms with Crippen molar-refractivity contribution in [2.75, 3.05) is 12.4 Å². The van der Waals surface area contributed by atoms with Crippen LogP contribution in [-0.2, 0) is 0 Å². The SMILES string of the molecule is CN=C(N)NC(=O)Nc1ncccn1. The number of nitrogens with zero attached hydrogens (tertiary/aromatic N) is 3. The predicted octanol–water partition coefficient (Wildman–Crippen LogP) is -0.457. The van der Waals surface area contributed by atoms with Crippen LogP contribution < -0.4 is 16.4 Å². The van der Waals surface area contributed by atoms with Crippen LogP contribution in [0.2, 0.25) is 0 Å². The third-order valence-electron chi connectivity index (χ3n) is 1.27. The van der Waals surface area contributed by atoms with Crippen LogP contribution in [0.3, 0.4) is 0 Å². The summed E-state index contributed by atoms with van der Waals surface area (Å²) >= 11 is 0. The fourth-order valence-corrected chi connectivity index (χ4v) is 0.669. The van der Waals surface area contributed by atoms with Gasteiger partial charge in [-0.05, 0) is 6.07 Å². The van der Waals surface area contributed by atoms with E-state index in [4.69, 9.17) is 5.73 Å². The topological polar surface area (TPSA) is 105 Å². The predicted molar refractivity (Wildman–Crippen MR) is 51.7 cm³/mol. The monoisotopic (exact) mass is 194 g/mol. The first kappa shape index (κ1) is 9.90. The lowest BCUT2D eigenvalue weighted by atomic mass is 10.7. The number of anilines is 1. The molecule has 0 aromatic carbocycles. The maximum atomic E-state index is 11.1. The molecule has 0 atom stereocenters. The molecule has 1 aromatic rings. The van der Waals surface area contributed by atoms with Crippen molar-refractivity contribution in [3.63, 3.8) is 0 Å². The van der Waals surface area contributed by atoms with Crippen LogP contribution >= 0.6 is 0 Å². The Balaban J connectivity index is 2.50. The van der Waals surface area contributed by atoms with E-state index in [1.54, 1.807) is 6.07 Å². The van der Waals surface area contributed by atoms with E-state index >= 15 is 0 Å². The summed E-state index contributed by atoms with van der Waals surface area (Å²) < 4.78 is 0. The second-order valence-corrected chi connectivity index (χ2v) is 2.26.